The first kappa shape index (κ1) is 14.8. The molecule has 0 unspecified atom stereocenters. The van der Waals surface area contributed by atoms with Crippen LogP contribution in [0, 0.1) is 5.92 Å². The summed E-state index contributed by atoms with van der Waals surface area (Å²) in [6, 6.07) is 8.68. The number of aromatic nitrogens is 1. The van der Waals surface area contributed by atoms with Gasteiger partial charge in [-0.1, -0.05) is 52.8 Å². The Labute approximate surface area is 122 Å². The molecule has 0 saturated heterocycles. The maximum Gasteiger partial charge on any atom is 0.0763 e. The summed E-state index contributed by atoms with van der Waals surface area (Å²) in [5, 5.41) is 4.54. The van der Waals surface area contributed by atoms with E-state index in [1.165, 1.54) is 22.3 Å². The fourth-order valence-electron chi connectivity index (χ4n) is 2.64. The van der Waals surface area contributed by atoms with Gasteiger partial charge in [0.05, 0.1) is 5.52 Å². The number of nitrogens with zero attached hydrogens (tertiary/aromatic N) is 1. The highest BCUT2D eigenvalue weighted by molar-refractivity contribution is 5.93. The normalized spacial score (nSPS) is 12.2. The molecular weight excluding hydrogens is 244 g/mol. The Balaban J connectivity index is 2.72. The number of rotatable bonds is 3. The van der Waals surface area contributed by atoms with Gasteiger partial charge in [-0.15, -0.1) is 0 Å². The summed E-state index contributed by atoms with van der Waals surface area (Å²) >= 11 is 0. The molecule has 0 amide bonds. The molecule has 0 bridgehead atoms. The fourth-order valence-corrected chi connectivity index (χ4v) is 2.64. The highest BCUT2D eigenvalue weighted by Gasteiger charge is 2.19. The molecule has 2 nitrogen and oxygen atoms in total. The molecule has 0 aliphatic rings. The Morgan fingerprint density at radius 2 is 1.90 bits per heavy atom. The topological polar surface area (TPSA) is 24.9 Å². The maximum atomic E-state index is 4.95. The van der Waals surface area contributed by atoms with Gasteiger partial charge in [-0.25, -0.2) is 0 Å². The van der Waals surface area contributed by atoms with Gasteiger partial charge in [-0.2, -0.15) is 0 Å². The van der Waals surface area contributed by atoms with E-state index >= 15 is 0 Å². The summed E-state index contributed by atoms with van der Waals surface area (Å²) in [7, 11) is 1.98. The third kappa shape index (κ3) is 2.95. The van der Waals surface area contributed by atoms with Crippen molar-refractivity contribution in [3.8, 4) is 0 Å². The first-order valence-electron chi connectivity index (χ1n) is 7.44. The van der Waals surface area contributed by atoms with Gasteiger partial charge in [-0.3, -0.25) is 4.98 Å². The molecule has 0 atom stereocenters. The van der Waals surface area contributed by atoms with Crippen LogP contribution in [0.5, 0.6) is 0 Å². The second-order valence-corrected chi connectivity index (χ2v) is 6.96. The summed E-state index contributed by atoms with van der Waals surface area (Å²) in [6.45, 7) is 11.2. The zero-order valence-corrected chi connectivity index (χ0v) is 13.5. The Kier molecular flexibility index (Phi) is 4.03. The van der Waals surface area contributed by atoms with Crippen LogP contribution in [0.15, 0.2) is 24.3 Å². The highest BCUT2D eigenvalue weighted by atomic mass is 14.8. The first-order chi connectivity index (χ1) is 9.32. The zero-order valence-electron chi connectivity index (χ0n) is 13.5. The van der Waals surface area contributed by atoms with Gasteiger partial charge in [0.25, 0.3) is 0 Å². The van der Waals surface area contributed by atoms with Gasteiger partial charge in [0.15, 0.2) is 0 Å². The lowest BCUT2D eigenvalue weighted by Crippen LogP contribution is -2.13. The van der Waals surface area contributed by atoms with Crippen LogP contribution in [0.4, 0.5) is 5.69 Å². The molecule has 1 aromatic heterocycles. The molecule has 0 saturated carbocycles. The molecule has 1 N–H and O–H groups in total. The molecular formula is C18H26N2. The van der Waals surface area contributed by atoms with Crippen LogP contribution in [0.1, 0.15) is 45.9 Å². The van der Waals surface area contributed by atoms with Crippen molar-refractivity contribution in [3.05, 3.63) is 35.5 Å². The summed E-state index contributed by atoms with van der Waals surface area (Å²) < 4.78 is 0. The third-order valence-corrected chi connectivity index (χ3v) is 3.59. The second kappa shape index (κ2) is 5.43. The molecule has 108 valence electrons. The van der Waals surface area contributed by atoms with E-state index in [4.69, 9.17) is 4.98 Å². The SMILES string of the molecule is CNc1cc(CC(C)C)nc2c(C(C)(C)C)cccc12. The van der Waals surface area contributed by atoms with Gasteiger partial charge in [0.1, 0.15) is 0 Å². The quantitative estimate of drug-likeness (QED) is 0.868. The minimum absolute atomic E-state index is 0.105. The van der Waals surface area contributed by atoms with Crippen LogP contribution in [0.3, 0.4) is 0 Å². The lowest BCUT2D eigenvalue weighted by molar-refractivity contribution is 0.593. The van der Waals surface area contributed by atoms with Gasteiger partial charge in [0, 0.05) is 23.8 Å². The number of para-hydroxylation sites is 1. The van der Waals surface area contributed by atoms with Gasteiger partial charge in [0.2, 0.25) is 0 Å². The number of pyridine rings is 1. The molecule has 1 heterocycles. The van der Waals surface area contributed by atoms with Crippen molar-refractivity contribution in [1.82, 2.24) is 4.98 Å². The van der Waals surface area contributed by atoms with E-state index in [1.807, 2.05) is 7.05 Å². The number of anilines is 1. The average Bonchev–Trinajstić information content (AvgIpc) is 2.35. The van der Waals surface area contributed by atoms with Crippen LogP contribution < -0.4 is 5.32 Å². The Morgan fingerprint density at radius 1 is 1.20 bits per heavy atom. The highest BCUT2D eigenvalue weighted by Crippen LogP contribution is 2.32. The molecule has 2 aromatic rings. The number of hydrogen-bond acceptors (Lipinski definition) is 2. The fraction of sp³-hybridized carbons (Fsp3) is 0.500. The van der Waals surface area contributed by atoms with Crippen LogP contribution in [-0.2, 0) is 11.8 Å². The summed E-state index contributed by atoms with van der Waals surface area (Å²) in [5.74, 6) is 0.617. The van der Waals surface area contributed by atoms with Crippen molar-refractivity contribution in [2.45, 2.75) is 46.5 Å². The zero-order chi connectivity index (χ0) is 14.9. The molecule has 0 spiro atoms. The van der Waals surface area contributed by atoms with Crippen molar-refractivity contribution >= 4 is 16.6 Å². The molecule has 0 aliphatic heterocycles. The van der Waals surface area contributed by atoms with Crippen LogP contribution in [0.25, 0.3) is 10.9 Å². The summed E-state index contributed by atoms with van der Waals surface area (Å²) in [4.78, 5) is 4.95. The number of nitrogens with one attached hydrogen (secondary N) is 1. The first-order valence-corrected chi connectivity index (χ1v) is 7.44. The molecule has 1 aromatic carbocycles. The molecule has 0 fully saturated rings. The Morgan fingerprint density at radius 3 is 2.45 bits per heavy atom. The predicted molar refractivity (Wildman–Crippen MR) is 88.5 cm³/mol. The minimum Gasteiger partial charge on any atom is -0.388 e. The van der Waals surface area contributed by atoms with E-state index in [2.05, 4.69) is 64.2 Å². The predicted octanol–water partition coefficient (Wildman–Crippen LogP) is 4.77. The number of fused-ring (bicyclic) bond motifs is 1. The van der Waals surface area contributed by atoms with E-state index in [-0.39, 0.29) is 5.41 Å². The van der Waals surface area contributed by atoms with Gasteiger partial charge in [-0.05, 0) is 29.4 Å². The van der Waals surface area contributed by atoms with Gasteiger partial charge >= 0.3 is 0 Å². The van der Waals surface area contributed by atoms with E-state index in [0.717, 1.165) is 11.9 Å². The van der Waals surface area contributed by atoms with Crippen LogP contribution in [-0.4, -0.2) is 12.0 Å². The van der Waals surface area contributed by atoms with Crippen molar-refractivity contribution in [3.63, 3.8) is 0 Å². The molecule has 2 rings (SSSR count). The molecule has 2 heteroatoms. The van der Waals surface area contributed by atoms with E-state index in [1.54, 1.807) is 0 Å². The monoisotopic (exact) mass is 270 g/mol. The Bertz CT molecular complexity index is 607. The molecule has 20 heavy (non-hydrogen) atoms. The minimum atomic E-state index is 0.105. The van der Waals surface area contributed by atoms with E-state index in [0.29, 0.717) is 5.92 Å². The largest absolute Gasteiger partial charge is 0.388 e. The van der Waals surface area contributed by atoms with Crippen molar-refractivity contribution < 1.29 is 0 Å². The standard InChI is InChI=1S/C18H26N2/c1-12(2)10-13-11-16(19-6)14-8-7-9-15(17(14)20-13)18(3,4)5/h7-9,11-12H,10H2,1-6H3,(H,19,20). The smallest absolute Gasteiger partial charge is 0.0763 e. The van der Waals surface area contributed by atoms with Gasteiger partial charge < -0.3 is 5.32 Å². The molecule has 0 aliphatic carbocycles. The van der Waals surface area contributed by atoms with Crippen LogP contribution in [0.2, 0.25) is 0 Å². The average molecular weight is 270 g/mol. The lowest BCUT2D eigenvalue weighted by atomic mass is 9.85. The van der Waals surface area contributed by atoms with Crippen molar-refractivity contribution in [1.29, 1.82) is 0 Å². The van der Waals surface area contributed by atoms with E-state index in [9.17, 15) is 0 Å². The third-order valence-electron chi connectivity index (χ3n) is 3.59. The van der Waals surface area contributed by atoms with Crippen LogP contribution >= 0.6 is 0 Å². The summed E-state index contributed by atoms with van der Waals surface area (Å²) in [6.07, 6.45) is 1.02. The number of hydrogen-bond donors (Lipinski definition) is 1. The van der Waals surface area contributed by atoms with E-state index < -0.39 is 0 Å². The lowest BCUT2D eigenvalue weighted by Gasteiger charge is -2.22. The second-order valence-electron chi connectivity index (χ2n) is 6.96. The maximum absolute atomic E-state index is 4.95. The van der Waals surface area contributed by atoms with Crippen molar-refractivity contribution in [2.75, 3.05) is 12.4 Å². The number of benzene rings is 1. The molecule has 0 radical (unpaired) electrons. The summed E-state index contributed by atoms with van der Waals surface area (Å²) in [5.41, 5.74) is 4.92. The Hall–Kier alpha value is -1.57. The van der Waals surface area contributed by atoms with Crippen molar-refractivity contribution in [2.24, 2.45) is 5.92 Å².